The number of amides is 1. The minimum atomic E-state index is -0.687. The molecule has 2 heterocycles. The van der Waals surface area contributed by atoms with Crippen molar-refractivity contribution in [1.29, 1.82) is 0 Å². The van der Waals surface area contributed by atoms with Gasteiger partial charge in [-0.1, -0.05) is 6.92 Å². The summed E-state index contributed by atoms with van der Waals surface area (Å²) in [6.45, 7) is 7.05. The number of carbonyl (C=O) groups is 1. The van der Waals surface area contributed by atoms with E-state index in [1.807, 2.05) is 0 Å². The number of nitrogens with one attached hydrogen (secondary N) is 1. The summed E-state index contributed by atoms with van der Waals surface area (Å²) in [5.41, 5.74) is 1.21. The molecule has 2 aromatic heterocycles. The first-order valence-electron chi connectivity index (χ1n) is 8.34. The summed E-state index contributed by atoms with van der Waals surface area (Å²) in [7, 11) is 0. The van der Waals surface area contributed by atoms with Crippen LogP contribution in [0.1, 0.15) is 36.5 Å². The Morgan fingerprint density at radius 1 is 1.22 bits per heavy atom. The van der Waals surface area contributed by atoms with Crippen molar-refractivity contribution in [2.45, 2.75) is 46.7 Å². The quantitative estimate of drug-likeness (QED) is 0.540. The second-order valence-electron chi connectivity index (χ2n) is 6.06. The van der Waals surface area contributed by atoms with E-state index in [4.69, 9.17) is 0 Å². The molecule has 27 heavy (non-hydrogen) atoms. The second-order valence-corrected chi connectivity index (χ2v) is 6.06. The minimum Gasteiger partial charge on any atom is -0.358 e. The Labute approximate surface area is 154 Å². The van der Waals surface area contributed by atoms with Crippen molar-refractivity contribution in [3.8, 4) is 0 Å². The maximum Gasteiger partial charge on any atom is 0.390 e. The molecule has 0 saturated heterocycles. The third-order valence-corrected chi connectivity index (χ3v) is 4.23. The van der Waals surface area contributed by atoms with E-state index >= 15 is 0 Å². The van der Waals surface area contributed by atoms with Crippen molar-refractivity contribution in [3.05, 3.63) is 43.4 Å². The van der Waals surface area contributed by atoms with Gasteiger partial charge in [-0.2, -0.15) is 9.78 Å². The number of rotatable bonds is 8. The molecule has 146 valence electrons. The topological polar surface area (TPSA) is 151 Å². The van der Waals surface area contributed by atoms with Crippen molar-refractivity contribution >= 4 is 17.4 Å². The fraction of sp³-hybridized carbons (Fsp3) is 0.533. The van der Waals surface area contributed by atoms with Gasteiger partial charge >= 0.3 is 11.5 Å². The van der Waals surface area contributed by atoms with E-state index in [0.29, 0.717) is 23.5 Å². The molecule has 1 amide bonds. The van der Waals surface area contributed by atoms with E-state index in [1.165, 1.54) is 15.4 Å². The van der Waals surface area contributed by atoms with Crippen LogP contribution in [0.2, 0.25) is 0 Å². The molecule has 0 bridgehead atoms. The summed E-state index contributed by atoms with van der Waals surface area (Å²) >= 11 is 0. The predicted octanol–water partition coefficient (Wildman–Crippen LogP) is 1.59. The molecule has 0 spiro atoms. The minimum absolute atomic E-state index is 0.0350. The van der Waals surface area contributed by atoms with Gasteiger partial charge in [-0.3, -0.25) is 19.6 Å². The number of aromatic nitrogens is 4. The first kappa shape index (κ1) is 20.0. The Morgan fingerprint density at radius 3 is 2.37 bits per heavy atom. The molecule has 0 saturated carbocycles. The van der Waals surface area contributed by atoms with Gasteiger partial charge in [0.05, 0.1) is 28.3 Å². The molecule has 0 fully saturated rings. The highest BCUT2D eigenvalue weighted by atomic mass is 16.6. The Balaban J connectivity index is 2.05. The van der Waals surface area contributed by atoms with Gasteiger partial charge < -0.3 is 15.4 Å². The van der Waals surface area contributed by atoms with Gasteiger partial charge in [-0.05, 0) is 32.1 Å². The lowest BCUT2D eigenvalue weighted by atomic mass is 10.2. The number of hydrogen-bond donors (Lipinski definition) is 1. The zero-order valence-corrected chi connectivity index (χ0v) is 15.5. The van der Waals surface area contributed by atoms with Gasteiger partial charge in [0.1, 0.15) is 11.4 Å². The van der Waals surface area contributed by atoms with E-state index in [1.54, 1.807) is 27.7 Å². The molecular weight excluding hydrogens is 358 g/mol. The molecule has 0 aromatic carbocycles. The van der Waals surface area contributed by atoms with Crippen LogP contribution in [-0.4, -0.2) is 41.9 Å². The molecule has 2 aromatic rings. The standard InChI is InChI=1S/C15H21N7O5/c1-5-12(20-9(2)8-13(18-20)21(24)25)15(23)16-6-7-19-11(4)14(22(26)27)10(3)17-19/h8,12H,5-7H2,1-4H3,(H,16,23). The van der Waals surface area contributed by atoms with Crippen LogP contribution >= 0.6 is 0 Å². The molecule has 1 N–H and O–H groups in total. The fourth-order valence-corrected chi connectivity index (χ4v) is 2.92. The normalized spacial score (nSPS) is 12.0. The van der Waals surface area contributed by atoms with Crippen LogP contribution in [0.3, 0.4) is 0 Å². The second kappa shape index (κ2) is 7.93. The van der Waals surface area contributed by atoms with Crippen molar-refractivity contribution in [2.75, 3.05) is 6.54 Å². The SMILES string of the molecule is CCC(C(=O)NCCn1nc(C)c([N+](=O)[O-])c1C)n1nc([N+](=O)[O-])cc1C. The van der Waals surface area contributed by atoms with Crippen molar-refractivity contribution in [3.63, 3.8) is 0 Å². The lowest BCUT2D eigenvalue weighted by molar-refractivity contribution is -0.389. The van der Waals surface area contributed by atoms with E-state index in [0.717, 1.165) is 0 Å². The van der Waals surface area contributed by atoms with Gasteiger partial charge in [0.15, 0.2) is 6.04 Å². The summed E-state index contributed by atoms with van der Waals surface area (Å²) in [4.78, 5) is 33.3. The smallest absolute Gasteiger partial charge is 0.358 e. The Hall–Kier alpha value is -3.31. The monoisotopic (exact) mass is 379 g/mol. The molecule has 2 rings (SSSR count). The van der Waals surface area contributed by atoms with Crippen LogP contribution in [0.5, 0.6) is 0 Å². The van der Waals surface area contributed by atoms with Crippen molar-refractivity contribution in [1.82, 2.24) is 24.9 Å². The maximum atomic E-state index is 12.5. The molecule has 0 aliphatic heterocycles. The first-order chi connectivity index (χ1) is 12.7. The van der Waals surface area contributed by atoms with Crippen LogP contribution in [-0.2, 0) is 11.3 Å². The average molecular weight is 379 g/mol. The Bertz CT molecular complexity index is 885. The molecular formula is C15H21N7O5. The van der Waals surface area contributed by atoms with Gasteiger partial charge in [0.2, 0.25) is 5.91 Å². The molecule has 12 nitrogen and oxygen atoms in total. The molecule has 0 radical (unpaired) electrons. The fourth-order valence-electron chi connectivity index (χ4n) is 2.92. The molecule has 1 unspecified atom stereocenters. The highest BCUT2D eigenvalue weighted by Gasteiger charge is 2.27. The third kappa shape index (κ3) is 4.10. The van der Waals surface area contributed by atoms with Gasteiger partial charge in [0.25, 0.3) is 0 Å². The van der Waals surface area contributed by atoms with Crippen LogP contribution < -0.4 is 5.32 Å². The number of carbonyl (C=O) groups excluding carboxylic acids is 1. The van der Waals surface area contributed by atoms with Crippen molar-refractivity contribution in [2.24, 2.45) is 0 Å². The van der Waals surface area contributed by atoms with Crippen LogP contribution in [0.25, 0.3) is 0 Å². The number of hydrogen-bond acceptors (Lipinski definition) is 7. The van der Waals surface area contributed by atoms with E-state index < -0.39 is 15.9 Å². The lowest BCUT2D eigenvalue weighted by Crippen LogP contribution is -2.35. The Morgan fingerprint density at radius 2 is 1.89 bits per heavy atom. The number of aryl methyl sites for hydroxylation is 2. The summed E-state index contributed by atoms with van der Waals surface area (Å²) in [5.74, 6) is -0.650. The molecule has 1 atom stereocenters. The number of nitrogens with zero attached hydrogens (tertiary/aromatic N) is 6. The van der Waals surface area contributed by atoms with E-state index in [2.05, 4.69) is 15.5 Å². The molecule has 12 heteroatoms. The highest BCUT2D eigenvalue weighted by Crippen LogP contribution is 2.22. The molecule has 0 aliphatic rings. The van der Waals surface area contributed by atoms with E-state index in [9.17, 15) is 25.0 Å². The summed E-state index contributed by atoms with van der Waals surface area (Å²) in [5, 5.41) is 32.6. The highest BCUT2D eigenvalue weighted by molar-refractivity contribution is 5.80. The largest absolute Gasteiger partial charge is 0.390 e. The van der Waals surface area contributed by atoms with Crippen LogP contribution in [0.4, 0.5) is 11.5 Å². The van der Waals surface area contributed by atoms with E-state index in [-0.39, 0.29) is 30.5 Å². The lowest BCUT2D eigenvalue weighted by Gasteiger charge is -2.14. The summed E-state index contributed by atoms with van der Waals surface area (Å²) in [6.07, 6.45) is 0.400. The number of nitro groups is 2. The third-order valence-electron chi connectivity index (χ3n) is 4.23. The average Bonchev–Trinajstić information content (AvgIpc) is 3.09. The van der Waals surface area contributed by atoms with Gasteiger partial charge in [-0.15, -0.1) is 0 Å². The van der Waals surface area contributed by atoms with Crippen LogP contribution in [0, 0.1) is 41.0 Å². The maximum absolute atomic E-state index is 12.5. The van der Waals surface area contributed by atoms with Gasteiger partial charge in [0, 0.05) is 6.54 Å². The summed E-state index contributed by atoms with van der Waals surface area (Å²) in [6, 6.07) is 0.624. The zero-order valence-electron chi connectivity index (χ0n) is 15.5. The van der Waals surface area contributed by atoms with Gasteiger partial charge in [-0.25, -0.2) is 0 Å². The molecule has 0 aliphatic carbocycles. The zero-order chi connectivity index (χ0) is 20.3. The summed E-state index contributed by atoms with van der Waals surface area (Å²) < 4.78 is 2.81. The Kier molecular flexibility index (Phi) is 5.88. The van der Waals surface area contributed by atoms with Crippen LogP contribution in [0.15, 0.2) is 6.07 Å². The predicted molar refractivity (Wildman–Crippen MR) is 94.3 cm³/mol. The van der Waals surface area contributed by atoms with Crippen molar-refractivity contribution < 1.29 is 14.6 Å². The first-order valence-corrected chi connectivity index (χ1v) is 8.34.